The predicted molar refractivity (Wildman–Crippen MR) is 35.9 cm³/mol. The summed E-state index contributed by atoms with van der Waals surface area (Å²) in [6, 6.07) is 0. The number of hydrogen-bond donors (Lipinski definition) is 0. The summed E-state index contributed by atoms with van der Waals surface area (Å²) in [5.74, 6) is 0. The highest BCUT2D eigenvalue weighted by molar-refractivity contribution is 8.38. The highest BCUT2D eigenvalue weighted by atomic mass is 36.0. The second-order valence-electron chi connectivity index (χ2n) is 0.306. The summed E-state index contributed by atoms with van der Waals surface area (Å²) >= 11 is 8.75. The van der Waals surface area contributed by atoms with Gasteiger partial charge in [-0.25, -0.2) is 4.39 Å². The Bertz CT molecular complexity index is 22.9. The maximum Gasteiger partial charge on any atom is 0.247 e. The molecule has 0 spiro atoms. The third-order valence-corrected chi connectivity index (χ3v) is 0. The fourth-order valence-electron chi connectivity index (χ4n) is 0. The van der Waals surface area contributed by atoms with Crippen molar-refractivity contribution < 1.29 is 4.39 Å². The molecule has 0 aromatic rings. The molecule has 0 atom stereocenters. The van der Waals surface area contributed by atoms with E-state index in [9.17, 15) is 4.39 Å². The predicted octanol–water partition coefficient (Wildman–Crippen LogP) is 3.74. The van der Waals surface area contributed by atoms with E-state index in [0.717, 1.165) is 0 Å². The minimum absolute atomic E-state index is 0.694. The molecule has 0 bridgehead atoms. The maximum atomic E-state index is 10.5. The third kappa shape index (κ3) is 106. The molecule has 0 aliphatic carbocycles. The van der Waals surface area contributed by atoms with Crippen molar-refractivity contribution >= 4 is 54.8 Å². The smallest absolute Gasteiger partial charge is 0.212 e. The van der Waals surface area contributed by atoms with Crippen LogP contribution in [0.15, 0.2) is 0 Å². The zero-order valence-electron chi connectivity index (χ0n) is 2.88. The topological polar surface area (TPSA) is 0 Å². The summed E-state index contributed by atoms with van der Waals surface area (Å²) in [7, 11) is 10.1. The molecule has 0 aliphatic rings. The first-order chi connectivity index (χ1) is 3.15. The molecular weight excluding hydrogens is 205 g/mol. The molecule has 0 aromatic heterocycles. The molecule has 0 fully saturated rings. The normalized spacial score (nSPS) is 7.71. The average molecular weight is 206 g/mol. The van der Waals surface area contributed by atoms with Crippen LogP contribution < -0.4 is 0 Å². The Kier molecular flexibility index (Phi) is 16.8. The molecule has 7 heavy (non-hydrogen) atoms. The van der Waals surface area contributed by atoms with E-state index in [-0.39, 0.29) is 0 Å². The zero-order chi connectivity index (χ0) is 6.28. The first-order valence-corrected chi connectivity index (χ1v) is 4.30. The van der Waals surface area contributed by atoms with Crippen molar-refractivity contribution in [3.05, 3.63) is 0 Å². The number of halogens is 5. The first-order valence-electron chi connectivity index (χ1n) is 0.963. The Morgan fingerprint density at radius 2 is 1.29 bits per heavy atom. The van der Waals surface area contributed by atoms with Crippen LogP contribution in [0.2, 0.25) is 0 Å². The zero-order valence-corrected chi connectivity index (χ0v) is 6.72. The molecule has 0 saturated heterocycles. The standard InChI is InChI=1S/CHCl2F.Cl2S/c2-1(3)4;1-3-2/h1H;. The Morgan fingerprint density at radius 3 is 1.29 bits per heavy atom. The fraction of sp³-hybridized carbons (Fsp3) is 1.00. The van der Waals surface area contributed by atoms with Crippen LogP contribution in [-0.2, 0) is 0 Å². The number of alkyl halides is 3. The van der Waals surface area contributed by atoms with E-state index in [1.807, 2.05) is 0 Å². The number of rotatable bonds is 0. The Hall–Kier alpha value is 1.44. The Labute approximate surface area is 64.3 Å². The molecule has 0 aromatic carbocycles. The fourth-order valence-corrected chi connectivity index (χ4v) is 0. The van der Waals surface area contributed by atoms with Gasteiger partial charge in [0, 0.05) is 0 Å². The largest absolute Gasteiger partial charge is 0.247 e. The van der Waals surface area contributed by atoms with E-state index < -0.39 is 5.09 Å². The van der Waals surface area contributed by atoms with Crippen LogP contribution in [0.5, 0.6) is 0 Å². The quantitative estimate of drug-likeness (QED) is 0.543. The molecule has 0 saturated carbocycles. The molecule has 6 heteroatoms. The van der Waals surface area contributed by atoms with Crippen molar-refractivity contribution in [3.63, 3.8) is 0 Å². The Balaban J connectivity index is 0. The average Bonchev–Trinajstić information content (AvgIpc) is 1.33. The second-order valence-corrected chi connectivity index (χ2v) is 2.81. The van der Waals surface area contributed by atoms with Crippen molar-refractivity contribution in [2.24, 2.45) is 0 Å². The van der Waals surface area contributed by atoms with Crippen LogP contribution in [0.4, 0.5) is 4.39 Å². The van der Waals surface area contributed by atoms with Crippen molar-refractivity contribution in [1.29, 1.82) is 0 Å². The van der Waals surface area contributed by atoms with E-state index in [1.54, 1.807) is 0 Å². The van der Waals surface area contributed by atoms with Gasteiger partial charge in [-0.05, 0) is 21.4 Å². The Morgan fingerprint density at radius 1 is 1.29 bits per heavy atom. The molecular formula is CHCl4FS. The minimum Gasteiger partial charge on any atom is -0.212 e. The third-order valence-electron chi connectivity index (χ3n) is 0. The minimum atomic E-state index is -1.72. The van der Waals surface area contributed by atoms with Crippen molar-refractivity contribution in [1.82, 2.24) is 0 Å². The van der Waals surface area contributed by atoms with Gasteiger partial charge in [-0.15, -0.1) is 0 Å². The van der Waals surface area contributed by atoms with Crippen LogP contribution in [0.3, 0.4) is 0 Å². The molecule has 0 heterocycles. The maximum absolute atomic E-state index is 10.5. The second kappa shape index (κ2) is 10.4. The molecule has 0 nitrogen and oxygen atoms in total. The highest BCUT2D eigenvalue weighted by Crippen LogP contribution is 2.08. The van der Waals surface area contributed by atoms with Gasteiger partial charge in [0.2, 0.25) is 5.09 Å². The lowest BCUT2D eigenvalue weighted by Crippen LogP contribution is -1.58. The molecule has 0 amide bonds. The molecule has 46 valence electrons. The van der Waals surface area contributed by atoms with Gasteiger partial charge in [-0.3, -0.25) is 0 Å². The van der Waals surface area contributed by atoms with Crippen molar-refractivity contribution in [2.75, 3.05) is 0 Å². The summed E-state index contributed by atoms with van der Waals surface area (Å²) < 4.78 is 10.5. The lowest BCUT2D eigenvalue weighted by molar-refractivity contribution is 0.553. The van der Waals surface area contributed by atoms with E-state index >= 15 is 0 Å². The summed E-state index contributed by atoms with van der Waals surface area (Å²) in [5.41, 5.74) is 0. The lowest BCUT2D eigenvalue weighted by atomic mass is 11.8. The summed E-state index contributed by atoms with van der Waals surface area (Å²) in [6.07, 6.45) is 0. The van der Waals surface area contributed by atoms with E-state index in [4.69, 9.17) is 0 Å². The van der Waals surface area contributed by atoms with Gasteiger partial charge in [0.1, 0.15) is 0 Å². The van der Waals surface area contributed by atoms with Gasteiger partial charge >= 0.3 is 0 Å². The lowest BCUT2D eigenvalue weighted by Gasteiger charge is -1.68. The van der Waals surface area contributed by atoms with E-state index in [2.05, 4.69) is 44.6 Å². The van der Waals surface area contributed by atoms with E-state index in [0.29, 0.717) is 10.2 Å². The molecule has 0 unspecified atom stereocenters. The summed E-state index contributed by atoms with van der Waals surface area (Å²) in [4.78, 5) is 0. The van der Waals surface area contributed by atoms with Crippen LogP contribution in [0, 0.1) is 0 Å². The van der Waals surface area contributed by atoms with Crippen LogP contribution >= 0.6 is 54.8 Å². The van der Waals surface area contributed by atoms with Gasteiger partial charge in [0.05, 0.1) is 10.2 Å². The molecule has 0 radical (unpaired) electrons. The van der Waals surface area contributed by atoms with Gasteiger partial charge in [-0.1, -0.05) is 23.2 Å². The van der Waals surface area contributed by atoms with Gasteiger partial charge in [0.15, 0.2) is 0 Å². The van der Waals surface area contributed by atoms with Crippen LogP contribution in [0.1, 0.15) is 0 Å². The summed E-state index contributed by atoms with van der Waals surface area (Å²) in [5, 5.41) is -1.72. The monoisotopic (exact) mass is 204 g/mol. The van der Waals surface area contributed by atoms with Gasteiger partial charge < -0.3 is 0 Å². The van der Waals surface area contributed by atoms with E-state index in [1.165, 1.54) is 0 Å². The van der Waals surface area contributed by atoms with Gasteiger partial charge in [-0.2, -0.15) is 0 Å². The highest BCUT2D eigenvalue weighted by Gasteiger charge is 1.81. The van der Waals surface area contributed by atoms with Crippen LogP contribution in [-0.4, -0.2) is 5.09 Å². The van der Waals surface area contributed by atoms with Crippen LogP contribution in [0.25, 0.3) is 0 Å². The summed E-state index contributed by atoms with van der Waals surface area (Å²) in [6.45, 7) is 0. The SMILES string of the molecule is ClSCl.FC(Cl)Cl. The van der Waals surface area contributed by atoms with Gasteiger partial charge in [0.25, 0.3) is 0 Å². The molecule has 0 rings (SSSR count). The number of hydrogen-bond acceptors (Lipinski definition) is 1. The molecule has 0 N–H and O–H groups in total. The van der Waals surface area contributed by atoms with Crippen molar-refractivity contribution in [3.8, 4) is 0 Å². The van der Waals surface area contributed by atoms with Crippen molar-refractivity contribution in [2.45, 2.75) is 5.09 Å². The molecule has 0 aliphatic heterocycles. The first kappa shape index (κ1) is 11.3.